The van der Waals surface area contributed by atoms with E-state index < -0.39 is 29.0 Å². The normalized spacial score (nSPS) is 18.2. The molecule has 9 rings (SSSR count). The molecule has 1 saturated carbocycles. The molecule has 2 aromatic heterocycles. The van der Waals surface area contributed by atoms with Crippen LogP contribution in [-0.2, 0) is 20.7 Å². The summed E-state index contributed by atoms with van der Waals surface area (Å²) in [5.41, 5.74) is 1.61. The second kappa shape index (κ2) is 16.8. The topological polar surface area (TPSA) is 99.5 Å². The molecule has 1 aliphatic rings. The van der Waals surface area contributed by atoms with Crippen molar-refractivity contribution < 1.29 is 18.7 Å². The van der Waals surface area contributed by atoms with Crippen molar-refractivity contribution in [1.29, 1.82) is 5.26 Å². The van der Waals surface area contributed by atoms with Crippen LogP contribution in [0.1, 0.15) is 52.3 Å². The number of nitrogens with zero attached hydrogens (tertiary/aromatic N) is 6. The van der Waals surface area contributed by atoms with Gasteiger partial charge in [-0.3, -0.25) is 0 Å². The summed E-state index contributed by atoms with van der Waals surface area (Å²) in [7, 11) is 1.45. The van der Waals surface area contributed by atoms with E-state index in [9.17, 15) is 5.26 Å². The third kappa shape index (κ3) is 7.08. The van der Waals surface area contributed by atoms with Crippen LogP contribution in [0.3, 0.4) is 0 Å². The monoisotopic (exact) mass is 806 g/mol. The molecule has 0 amide bonds. The highest BCUT2D eigenvalue weighted by atomic mass is 19.1. The Bertz CT molecular complexity index is 2620. The molecule has 302 valence electrons. The number of benzene rings is 6. The van der Waals surface area contributed by atoms with E-state index >= 15 is 4.39 Å². The van der Waals surface area contributed by atoms with Gasteiger partial charge in [0.1, 0.15) is 24.6 Å². The highest BCUT2D eigenvalue weighted by Gasteiger charge is 2.55. The number of nitriles is 1. The third-order valence-electron chi connectivity index (χ3n) is 11.8. The number of fused-ring (bicyclic) bond motifs is 1. The van der Waals surface area contributed by atoms with E-state index in [0.717, 1.165) is 33.4 Å². The zero-order valence-electron chi connectivity index (χ0n) is 33.5. The summed E-state index contributed by atoms with van der Waals surface area (Å²) < 4.78 is 37.3. The Balaban J connectivity index is 1.23. The van der Waals surface area contributed by atoms with Gasteiger partial charge in [-0.05, 0) is 39.8 Å². The van der Waals surface area contributed by atoms with Crippen LogP contribution in [0.5, 0.6) is 0 Å². The lowest BCUT2D eigenvalue weighted by Gasteiger charge is -2.42. The molecule has 2 heterocycles. The predicted molar refractivity (Wildman–Crippen MR) is 231 cm³/mol. The molecule has 8 aromatic rings. The highest BCUT2D eigenvalue weighted by molar-refractivity contribution is 5.69. The van der Waals surface area contributed by atoms with Crippen molar-refractivity contribution in [2.24, 2.45) is 4.99 Å². The maximum absolute atomic E-state index is 19.3. The van der Waals surface area contributed by atoms with Crippen LogP contribution in [0, 0.1) is 11.5 Å². The molecular weight excluding hydrogens is 764 g/mol. The van der Waals surface area contributed by atoms with Crippen molar-refractivity contribution in [3.8, 4) is 6.19 Å². The van der Waals surface area contributed by atoms with Crippen molar-refractivity contribution in [3.05, 3.63) is 234 Å². The SMILES string of the molecule is COn1cnc2c(ncn2C2CC(OC(c3ccccc3)(c3ccccc3)c3ccccc3)C(F)(COC(c3ccccc3)(c3ccccc3)c3ccccc3)C2)c1=NC#N. The average Bonchev–Trinajstić information content (AvgIpc) is 3.91. The molecule has 0 N–H and O–H groups in total. The van der Waals surface area contributed by atoms with E-state index in [1.165, 1.54) is 18.2 Å². The van der Waals surface area contributed by atoms with Crippen LogP contribution in [0.2, 0.25) is 0 Å². The second-order valence-electron chi connectivity index (χ2n) is 15.2. The maximum Gasteiger partial charge on any atom is 0.211 e. The third-order valence-corrected chi connectivity index (χ3v) is 11.8. The zero-order chi connectivity index (χ0) is 41.7. The Morgan fingerprint density at radius 3 is 1.49 bits per heavy atom. The van der Waals surface area contributed by atoms with Gasteiger partial charge in [0.05, 0.1) is 19.0 Å². The number of ether oxygens (including phenoxy) is 2. The van der Waals surface area contributed by atoms with Gasteiger partial charge in [0.25, 0.3) is 0 Å². The molecule has 0 spiro atoms. The van der Waals surface area contributed by atoms with E-state index in [1.807, 2.05) is 193 Å². The lowest BCUT2D eigenvalue weighted by Crippen LogP contribution is -2.48. The van der Waals surface area contributed by atoms with Crippen LogP contribution < -0.4 is 10.3 Å². The summed E-state index contributed by atoms with van der Waals surface area (Å²) in [6.07, 6.45) is 4.11. The van der Waals surface area contributed by atoms with Crippen LogP contribution in [0.15, 0.2) is 200 Å². The van der Waals surface area contributed by atoms with Crippen molar-refractivity contribution in [1.82, 2.24) is 19.3 Å². The molecule has 0 aliphatic heterocycles. The van der Waals surface area contributed by atoms with Crippen LogP contribution in [0.4, 0.5) is 4.39 Å². The van der Waals surface area contributed by atoms with Crippen LogP contribution in [0.25, 0.3) is 11.2 Å². The smallest absolute Gasteiger partial charge is 0.211 e. The van der Waals surface area contributed by atoms with E-state index in [2.05, 4.69) is 15.0 Å². The summed E-state index contributed by atoms with van der Waals surface area (Å²) in [6, 6.07) is 59.5. The molecule has 0 bridgehead atoms. The summed E-state index contributed by atoms with van der Waals surface area (Å²) in [5.74, 6) is 0. The molecular formula is C51H43FN6O3. The van der Waals surface area contributed by atoms with Crippen LogP contribution >= 0.6 is 0 Å². The van der Waals surface area contributed by atoms with E-state index in [1.54, 1.807) is 6.33 Å². The Kier molecular flexibility index (Phi) is 10.8. The number of halogens is 1. The molecule has 3 unspecified atom stereocenters. The lowest BCUT2D eigenvalue weighted by atomic mass is 9.79. The first kappa shape index (κ1) is 39.3. The van der Waals surface area contributed by atoms with Gasteiger partial charge in [0.15, 0.2) is 16.8 Å². The van der Waals surface area contributed by atoms with Crippen molar-refractivity contribution >= 4 is 11.2 Å². The summed E-state index contributed by atoms with van der Waals surface area (Å²) >= 11 is 0. The van der Waals surface area contributed by atoms with Gasteiger partial charge in [-0.1, -0.05) is 182 Å². The van der Waals surface area contributed by atoms with Crippen LogP contribution in [-0.4, -0.2) is 44.8 Å². The second-order valence-corrected chi connectivity index (χ2v) is 15.2. The largest absolute Gasteiger partial charge is 0.414 e. The van der Waals surface area contributed by atoms with Gasteiger partial charge < -0.3 is 18.9 Å². The fourth-order valence-electron chi connectivity index (χ4n) is 8.97. The highest BCUT2D eigenvalue weighted by Crippen LogP contribution is 2.51. The number of imidazole rings is 1. The molecule has 9 nitrogen and oxygen atoms in total. The summed E-state index contributed by atoms with van der Waals surface area (Å²) in [6.45, 7) is -0.333. The molecule has 10 heteroatoms. The molecule has 0 saturated heterocycles. The molecule has 3 atom stereocenters. The molecule has 0 radical (unpaired) electrons. The first-order chi connectivity index (χ1) is 30.0. The minimum Gasteiger partial charge on any atom is -0.414 e. The first-order valence-corrected chi connectivity index (χ1v) is 20.3. The van der Waals surface area contributed by atoms with E-state index in [-0.39, 0.29) is 24.9 Å². The van der Waals surface area contributed by atoms with Gasteiger partial charge >= 0.3 is 0 Å². The zero-order valence-corrected chi connectivity index (χ0v) is 33.5. The molecule has 1 fully saturated rings. The Morgan fingerprint density at radius 1 is 0.656 bits per heavy atom. The standard InChI is InChI=1S/C51H43FN6O3/c1-59-58-37-56-47-46(48(58)54-35-53)55-36-57(47)44-32-45(61-51(41-26-14-5-15-27-41,42-28-16-6-17-29-42)43-30-18-7-19-31-43)49(52,33-44)34-60-50(38-20-8-2-9-21-38,39-22-10-3-11-23-39)40-24-12-4-13-25-40/h2-31,36-37,44-45H,32-34H2,1H3. The van der Waals surface area contributed by atoms with Gasteiger partial charge in [0.2, 0.25) is 11.7 Å². The fourth-order valence-corrected chi connectivity index (χ4v) is 8.97. The van der Waals surface area contributed by atoms with E-state index in [0.29, 0.717) is 11.2 Å². The van der Waals surface area contributed by atoms with Crippen molar-refractivity contribution in [2.45, 2.75) is 41.9 Å². The maximum atomic E-state index is 19.3. The van der Waals surface area contributed by atoms with Crippen molar-refractivity contribution in [2.75, 3.05) is 13.7 Å². The summed E-state index contributed by atoms with van der Waals surface area (Å²) in [5, 5.41) is 9.56. The van der Waals surface area contributed by atoms with E-state index in [4.69, 9.17) is 14.3 Å². The fraction of sp³-hybridized carbons (Fsp3) is 0.176. The van der Waals surface area contributed by atoms with Gasteiger partial charge in [-0.2, -0.15) is 9.99 Å². The molecule has 61 heavy (non-hydrogen) atoms. The average molecular weight is 807 g/mol. The number of hydrogen-bond donors (Lipinski definition) is 0. The summed E-state index contributed by atoms with van der Waals surface area (Å²) in [4.78, 5) is 18.7. The first-order valence-electron chi connectivity index (χ1n) is 20.3. The number of rotatable bonds is 13. The van der Waals surface area contributed by atoms with Crippen molar-refractivity contribution in [3.63, 3.8) is 0 Å². The van der Waals surface area contributed by atoms with Gasteiger partial charge in [-0.25, -0.2) is 14.4 Å². The quantitative estimate of drug-likeness (QED) is 0.0852. The van der Waals surface area contributed by atoms with Gasteiger partial charge in [-0.15, -0.1) is 4.99 Å². The Morgan fingerprint density at radius 2 is 1.08 bits per heavy atom. The number of alkyl halides is 1. The lowest BCUT2D eigenvalue weighted by molar-refractivity contribution is -0.143. The Hall–Kier alpha value is -7.19. The minimum absolute atomic E-state index is 0.00238. The minimum atomic E-state index is -2.09. The number of aromatic nitrogens is 4. The molecule has 1 aliphatic carbocycles. The number of hydrogen-bond acceptors (Lipinski definition) is 7. The van der Waals surface area contributed by atoms with Gasteiger partial charge in [0, 0.05) is 12.5 Å². The molecule has 6 aromatic carbocycles. The predicted octanol–water partition coefficient (Wildman–Crippen LogP) is 9.10. The Labute approximate surface area is 353 Å².